The molecule has 1 aromatic carbocycles. The second kappa shape index (κ2) is 6.83. The van der Waals surface area contributed by atoms with Crippen LogP contribution >= 0.6 is 11.3 Å². The highest BCUT2D eigenvalue weighted by molar-refractivity contribution is 7.12. The van der Waals surface area contributed by atoms with Crippen LogP contribution < -0.4 is 14.8 Å². The number of nitrogens with one attached hydrogen (secondary N) is 1. The SMILES string of the molecule is C[C@H](NC(=O)CCC(=O)c1cccs1)c1ccc2c(c1)OCO2. The molecule has 0 saturated heterocycles. The maximum atomic E-state index is 12.0. The van der Waals surface area contributed by atoms with Crippen molar-refractivity contribution in [1.82, 2.24) is 5.32 Å². The van der Waals surface area contributed by atoms with Crippen LogP contribution in [-0.4, -0.2) is 18.5 Å². The van der Waals surface area contributed by atoms with E-state index >= 15 is 0 Å². The summed E-state index contributed by atoms with van der Waals surface area (Å²) in [7, 11) is 0. The van der Waals surface area contributed by atoms with Gasteiger partial charge in [0.25, 0.3) is 0 Å². The zero-order valence-electron chi connectivity index (χ0n) is 12.7. The predicted molar refractivity (Wildman–Crippen MR) is 87.0 cm³/mol. The van der Waals surface area contributed by atoms with E-state index in [1.54, 1.807) is 6.07 Å². The van der Waals surface area contributed by atoms with Crippen molar-refractivity contribution in [3.8, 4) is 11.5 Å². The van der Waals surface area contributed by atoms with Crippen molar-refractivity contribution in [2.75, 3.05) is 6.79 Å². The second-order valence-electron chi connectivity index (χ2n) is 5.30. The van der Waals surface area contributed by atoms with Crippen LogP contribution in [0.4, 0.5) is 0 Å². The number of carbonyl (C=O) groups excluding carboxylic acids is 2. The lowest BCUT2D eigenvalue weighted by molar-refractivity contribution is -0.121. The van der Waals surface area contributed by atoms with E-state index in [1.807, 2.05) is 36.6 Å². The highest BCUT2D eigenvalue weighted by Gasteiger charge is 2.17. The van der Waals surface area contributed by atoms with Crippen LogP contribution in [0.25, 0.3) is 0 Å². The van der Waals surface area contributed by atoms with Crippen molar-refractivity contribution in [3.63, 3.8) is 0 Å². The van der Waals surface area contributed by atoms with Gasteiger partial charge in [-0.2, -0.15) is 0 Å². The van der Waals surface area contributed by atoms with Gasteiger partial charge in [0, 0.05) is 12.8 Å². The van der Waals surface area contributed by atoms with E-state index in [0.717, 1.165) is 5.56 Å². The Morgan fingerprint density at radius 3 is 2.83 bits per heavy atom. The van der Waals surface area contributed by atoms with E-state index in [2.05, 4.69) is 5.32 Å². The Labute approximate surface area is 138 Å². The summed E-state index contributed by atoms with van der Waals surface area (Å²) in [6.45, 7) is 2.13. The Kier molecular flexibility index (Phi) is 4.62. The molecular formula is C17H17NO4S. The molecule has 1 aromatic heterocycles. The maximum absolute atomic E-state index is 12.0. The second-order valence-corrected chi connectivity index (χ2v) is 6.25. The summed E-state index contributed by atoms with van der Waals surface area (Å²) in [6, 6.07) is 9.05. The zero-order chi connectivity index (χ0) is 16.2. The first-order valence-corrected chi connectivity index (χ1v) is 8.27. The van der Waals surface area contributed by atoms with Gasteiger partial charge in [0.15, 0.2) is 17.3 Å². The van der Waals surface area contributed by atoms with Gasteiger partial charge in [0.1, 0.15) is 0 Å². The van der Waals surface area contributed by atoms with Crippen molar-refractivity contribution >= 4 is 23.0 Å². The summed E-state index contributed by atoms with van der Waals surface area (Å²) in [5.74, 6) is 1.27. The first-order valence-electron chi connectivity index (χ1n) is 7.39. The zero-order valence-corrected chi connectivity index (χ0v) is 13.5. The fourth-order valence-corrected chi connectivity index (χ4v) is 3.06. The van der Waals surface area contributed by atoms with Crippen LogP contribution in [0.2, 0.25) is 0 Å². The average Bonchev–Trinajstić information content (AvgIpc) is 3.22. The molecule has 1 amide bonds. The van der Waals surface area contributed by atoms with Gasteiger partial charge >= 0.3 is 0 Å². The van der Waals surface area contributed by atoms with Crippen LogP contribution in [0.15, 0.2) is 35.7 Å². The third-order valence-corrected chi connectivity index (χ3v) is 4.56. The summed E-state index contributed by atoms with van der Waals surface area (Å²) >= 11 is 1.40. The molecule has 2 aromatic rings. The van der Waals surface area contributed by atoms with Crippen molar-refractivity contribution in [1.29, 1.82) is 0 Å². The van der Waals surface area contributed by atoms with Crippen LogP contribution in [0.1, 0.15) is 41.0 Å². The number of rotatable bonds is 6. The Balaban J connectivity index is 1.52. The first-order chi connectivity index (χ1) is 11.1. The number of Topliss-reactive ketones (excluding diaryl/α,β-unsaturated/α-hetero) is 1. The number of carbonyl (C=O) groups is 2. The lowest BCUT2D eigenvalue weighted by atomic mass is 10.1. The highest BCUT2D eigenvalue weighted by Crippen LogP contribution is 2.34. The van der Waals surface area contributed by atoms with Gasteiger partial charge in [-0.1, -0.05) is 12.1 Å². The van der Waals surface area contributed by atoms with Gasteiger partial charge in [-0.25, -0.2) is 0 Å². The standard InChI is InChI=1S/C17H17NO4S/c1-11(12-4-6-14-15(9-12)22-10-21-14)18-17(20)7-5-13(19)16-3-2-8-23-16/h2-4,6,8-9,11H,5,7,10H2,1H3,(H,18,20)/t11-/m0/s1. The number of hydrogen-bond donors (Lipinski definition) is 1. The fraction of sp³-hybridized carbons (Fsp3) is 0.294. The minimum Gasteiger partial charge on any atom is -0.454 e. The largest absolute Gasteiger partial charge is 0.454 e. The van der Waals surface area contributed by atoms with Crippen LogP contribution in [-0.2, 0) is 4.79 Å². The van der Waals surface area contributed by atoms with Gasteiger partial charge in [-0.3, -0.25) is 9.59 Å². The predicted octanol–water partition coefficient (Wildman–Crippen LogP) is 3.32. The fourth-order valence-electron chi connectivity index (χ4n) is 2.37. The third-order valence-electron chi connectivity index (χ3n) is 3.65. The molecule has 3 rings (SSSR count). The Morgan fingerprint density at radius 1 is 1.22 bits per heavy atom. The molecule has 120 valence electrons. The highest BCUT2D eigenvalue weighted by atomic mass is 32.1. The lowest BCUT2D eigenvalue weighted by Crippen LogP contribution is -2.26. The van der Waals surface area contributed by atoms with Crippen molar-refractivity contribution in [2.24, 2.45) is 0 Å². The normalized spacial score (nSPS) is 13.6. The molecule has 0 radical (unpaired) electrons. The van der Waals surface area contributed by atoms with Crippen molar-refractivity contribution in [3.05, 3.63) is 46.2 Å². The summed E-state index contributed by atoms with van der Waals surface area (Å²) in [6.07, 6.45) is 0.409. The van der Waals surface area contributed by atoms with Crippen LogP contribution in [0.5, 0.6) is 11.5 Å². The van der Waals surface area contributed by atoms with Crippen LogP contribution in [0.3, 0.4) is 0 Å². The Bertz CT molecular complexity index is 711. The third kappa shape index (κ3) is 3.71. The molecule has 6 heteroatoms. The molecule has 1 aliphatic rings. The molecule has 1 N–H and O–H groups in total. The lowest BCUT2D eigenvalue weighted by Gasteiger charge is -2.14. The minimum absolute atomic E-state index is 0.00545. The van der Waals surface area contributed by atoms with Crippen molar-refractivity contribution in [2.45, 2.75) is 25.8 Å². The monoisotopic (exact) mass is 331 g/mol. The number of fused-ring (bicyclic) bond motifs is 1. The van der Waals surface area contributed by atoms with Gasteiger partial charge in [0.2, 0.25) is 12.7 Å². The molecule has 5 nitrogen and oxygen atoms in total. The van der Waals surface area contributed by atoms with Gasteiger partial charge in [-0.05, 0) is 36.1 Å². The number of hydrogen-bond acceptors (Lipinski definition) is 5. The van der Waals surface area contributed by atoms with E-state index in [4.69, 9.17) is 9.47 Å². The van der Waals surface area contributed by atoms with Gasteiger partial charge < -0.3 is 14.8 Å². The topological polar surface area (TPSA) is 64.6 Å². The van der Waals surface area contributed by atoms with Gasteiger partial charge in [-0.15, -0.1) is 11.3 Å². The van der Waals surface area contributed by atoms with E-state index < -0.39 is 0 Å². The van der Waals surface area contributed by atoms with Crippen molar-refractivity contribution < 1.29 is 19.1 Å². The van der Waals surface area contributed by atoms with Gasteiger partial charge in [0.05, 0.1) is 10.9 Å². The molecule has 1 aliphatic heterocycles. The number of ether oxygens (including phenoxy) is 2. The molecule has 0 aliphatic carbocycles. The summed E-state index contributed by atoms with van der Waals surface area (Å²) in [5.41, 5.74) is 0.937. The Morgan fingerprint density at radius 2 is 2.04 bits per heavy atom. The van der Waals surface area contributed by atoms with E-state index in [1.165, 1.54) is 11.3 Å². The first kappa shape index (κ1) is 15.6. The maximum Gasteiger partial charge on any atom is 0.231 e. The molecule has 0 saturated carbocycles. The summed E-state index contributed by atoms with van der Waals surface area (Å²) < 4.78 is 10.6. The quantitative estimate of drug-likeness (QED) is 0.825. The number of benzene rings is 1. The molecule has 0 unspecified atom stereocenters. The molecule has 2 heterocycles. The number of thiophene rings is 1. The number of amides is 1. The Hall–Kier alpha value is -2.34. The smallest absolute Gasteiger partial charge is 0.231 e. The summed E-state index contributed by atoms with van der Waals surface area (Å²) in [5, 5.41) is 4.76. The number of ketones is 1. The molecule has 0 fully saturated rings. The van der Waals surface area contributed by atoms with Crippen LogP contribution in [0, 0.1) is 0 Å². The minimum atomic E-state index is -0.158. The van der Waals surface area contributed by atoms with E-state index in [9.17, 15) is 9.59 Å². The average molecular weight is 331 g/mol. The van der Waals surface area contributed by atoms with E-state index in [-0.39, 0.29) is 37.4 Å². The summed E-state index contributed by atoms with van der Waals surface area (Å²) in [4.78, 5) is 24.6. The molecule has 23 heavy (non-hydrogen) atoms. The molecular weight excluding hydrogens is 314 g/mol. The van der Waals surface area contributed by atoms with E-state index in [0.29, 0.717) is 16.4 Å². The molecule has 0 spiro atoms. The molecule has 1 atom stereocenters. The molecule has 0 bridgehead atoms.